The first-order valence-electron chi connectivity index (χ1n) is 9.34. The molecule has 2 aromatic rings. The van der Waals surface area contributed by atoms with Crippen LogP contribution in [0, 0.1) is 6.57 Å². The molecule has 2 nitrogen and oxygen atoms in total. The van der Waals surface area contributed by atoms with Gasteiger partial charge in [-0.2, -0.15) is 0 Å². The quantitative estimate of drug-likeness (QED) is 0.630. The zero-order valence-electron chi connectivity index (χ0n) is 15.2. The molecule has 0 heterocycles. The van der Waals surface area contributed by atoms with E-state index >= 15 is 0 Å². The number of nitrogens with zero attached hydrogens (tertiary/aromatic N) is 1. The van der Waals surface area contributed by atoms with Crippen molar-refractivity contribution >= 4 is 5.69 Å². The Morgan fingerprint density at radius 2 is 2.00 bits per heavy atom. The molecule has 0 bridgehead atoms. The fourth-order valence-electron chi connectivity index (χ4n) is 4.44. The molecule has 0 saturated heterocycles. The van der Waals surface area contributed by atoms with E-state index < -0.39 is 0 Å². The van der Waals surface area contributed by atoms with Crippen molar-refractivity contribution in [1.29, 1.82) is 0 Å². The number of allylic oxidation sites excluding steroid dienone is 4. The zero-order chi connectivity index (χ0) is 18.0. The van der Waals surface area contributed by atoms with Crippen molar-refractivity contribution in [2.75, 3.05) is 6.61 Å². The van der Waals surface area contributed by atoms with E-state index in [1.165, 1.54) is 22.3 Å². The average molecular weight is 341 g/mol. The van der Waals surface area contributed by atoms with Crippen LogP contribution in [0.15, 0.2) is 72.0 Å². The van der Waals surface area contributed by atoms with E-state index in [0.29, 0.717) is 0 Å². The van der Waals surface area contributed by atoms with Crippen LogP contribution in [0.2, 0.25) is 0 Å². The Bertz CT molecular complexity index is 917. The molecule has 0 aromatic heterocycles. The van der Waals surface area contributed by atoms with E-state index in [1.807, 2.05) is 13.0 Å². The lowest BCUT2D eigenvalue weighted by molar-refractivity contribution is 0.204. The first kappa shape index (κ1) is 16.7. The van der Waals surface area contributed by atoms with Gasteiger partial charge in [0.25, 0.3) is 0 Å². The van der Waals surface area contributed by atoms with E-state index in [0.717, 1.165) is 43.7 Å². The summed E-state index contributed by atoms with van der Waals surface area (Å²) in [5.41, 5.74) is 6.13. The Morgan fingerprint density at radius 3 is 2.77 bits per heavy atom. The molecule has 0 radical (unpaired) electrons. The highest BCUT2D eigenvalue weighted by Gasteiger charge is 2.41. The van der Waals surface area contributed by atoms with Gasteiger partial charge in [0, 0.05) is 11.8 Å². The highest BCUT2D eigenvalue weighted by molar-refractivity contribution is 5.59. The topological polar surface area (TPSA) is 13.6 Å². The molecule has 1 atom stereocenters. The fraction of sp³-hybridized carbons (Fsp3) is 0.292. The van der Waals surface area contributed by atoms with Crippen molar-refractivity contribution in [2.24, 2.45) is 0 Å². The second kappa shape index (κ2) is 6.84. The van der Waals surface area contributed by atoms with Crippen molar-refractivity contribution in [3.63, 3.8) is 0 Å². The fourth-order valence-corrected chi connectivity index (χ4v) is 4.44. The highest BCUT2D eigenvalue weighted by atomic mass is 16.5. The highest BCUT2D eigenvalue weighted by Crippen LogP contribution is 2.49. The van der Waals surface area contributed by atoms with Crippen LogP contribution in [0.4, 0.5) is 5.69 Å². The van der Waals surface area contributed by atoms with Gasteiger partial charge in [-0.25, -0.2) is 4.85 Å². The summed E-state index contributed by atoms with van der Waals surface area (Å²) < 4.78 is 5.83. The van der Waals surface area contributed by atoms with Crippen LogP contribution in [0.3, 0.4) is 0 Å². The van der Waals surface area contributed by atoms with E-state index in [9.17, 15) is 0 Å². The van der Waals surface area contributed by atoms with Crippen LogP contribution in [-0.4, -0.2) is 6.61 Å². The Balaban J connectivity index is 1.83. The molecule has 2 aromatic carbocycles. The molecule has 0 unspecified atom stereocenters. The van der Waals surface area contributed by atoms with Crippen molar-refractivity contribution in [3.05, 3.63) is 100 Å². The van der Waals surface area contributed by atoms with Gasteiger partial charge in [0.2, 0.25) is 0 Å². The second-order valence-corrected chi connectivity index (χ2v) is 7.10. The molecule has 0 fully saturated rings. The molecule has 2 aliphatic carbocycles. The molecular formula is C24H23NO. The normalized spacial score (nSPS) is 20.9. The minimum atomic E-state index is -0.0178. The molecular weight excluding hydrogens is 318 g/mol. The molecule has 0 aliphatic heterocycles. The Hall–Kier alpha value is -2.79. The molecule has 2 heteroatoms. The van der Waals surface area contributed by atoms with Gasteiger partial charge < -0.3 is 4.74 Å². The first-order valence-corrected chi connectivity index (χ1v) is 9.34. The predicted molar refractivity (Wildman–Crippen MR) is 105 cm³/mol. The lowest BCUT2D eigenvalue weighted by Crippen LogP contribution is -2.36. The van der Waals surface area contributed by atoms with Gasteiger partial charge in [0.1, 0.15) is 0 Å². The van der Waals surface area contributed by atoms with Gasteiger partial charge in [-0.05, 0) is 49.0 Å². The third kappa shape index (κ3) is 2.84. The van der Waals surface area contributed by atoms with E-state index in [2.05, 4.69) is 59.5 Å². The van der Waals surface area contributed by atoms with Gasteiger partial charge in [-0.15, -0.1) is 0 Å². The Kier molecular flexibility index (Phi) is 4.39. The van der Waals surface area contributed by atoms with E-state index in [-0.39, 0.29) is 5.41 Å². The number of benzene rings is 2. The van der Waals surface area contributed by atoms with Crippen LogP contribution in [0.1, 0.15) is 36.5 Å². The first-order chi connectivity index (χ1) is 12.7. The third-order valence-corrected chi connectivity index (χ3v) is 5.62. The van der Waals surface area contributed by atoms with Crippen LogP contribution in [0.5, 0.6) is 0 Å². The van der Waals surface area contributed by atoms with E-state index in [1.54, 1.807) is 0 Å². The summed E-state index contributed by atoms with van der Waals surface area (Å²) in [4.78, 5) is 3.62. The molecule has 0 amide bonds. The van der Waals surface area contributed by atoms with Crippen LogP contribution < -0.4 is 0 Å². The van der Waals surface area contributed by atoms with Crippen molar-refractivity contribution in [1.82, 2.24) is 0 Å². The number of fused-ring (bicyclic) bond motifs is 3. The van der Waals surface area contributed by atoms with Crippen LogP contribution >= 0.6 is 0 Å². The van der Waals surface area contributed by atoms with Crippen molar-refractivity contribution in [2.45, 2.75) is 38.0 Å². The van der Waals surface area contributed by atoms with Gasteiger partial charge in [0.05, 0.1) is 18.9 Å². The third-order valence-electron chi connectivity index (χ3n) is 5.62. The second-order valence-electron chi connectivity index (χ2n) is 7.10. The molecule has 0 saturated carbocycles. The maximum Gasteiger partial charge on any atom is 0.187 e. The van der Waals surface area contributed by atoms with Gasteiger partial charge in [-0.3, -0.25) is 0 Å². The number of rotatable bonds is 4. The van der Waals surface area contributed by atoms with Crippen LogP contribution in [-0.2, 0) is 23.0 Å². The molecule has 0 spiro atoms. The summed E-state index contributed by atoms with van der Waals surface area (Å²) in [5, 5.41) is 0. The summed E-state index contributed by atoms with van der Waals surface area (Å²) in [6.07, 6.45) is 8.49. The largest absolute Gasteiger partial charge is 0.498 e. The maximum absolute atomic E-state index is 7.33. The summed E-state index contributed by atoms with van der Waals surface area (Å²) >= 11 is 0. The van der Waals surface area contributed by atoms with Crippen molar-refractivity contribution < 1.29 is 4.74 Å². The van der Waals surface area contributed by atoms with Gasteiger partial charge >= 0.3 is 0 Å². The minimum absolute atomic E-state index is 0.0178. The Morgan fingerprint density at radius 1 is 1.15 bits per heavy atom. The molecule has 26 heavy (non-hydrogen) atoms. The molecule has 0 N–H and O–H groups in total. The monoisotopic (exact) mass is 341 g/mol. The minimum Gasteiger partial charge on any atom is -0.498 e. The zero-order valence-corrected chi connectivity index (χ0v) is 15.2. The molecule has 130 valence electrons. The van der Waals surface area contributed by atoms with Crippen LogP contribution in [0.25, 0.3) is 4.85 Å². The summed E-state index contributed by atoms with van der Waals surface area (Å²) in [7, 11) is 0. The Labute approximate surface area is 155 Å². The number of hydrogen-bond acceptors (Lipinski definition) is 1. The van der Waals surface area contributed by atoms with Gasteiger partial charge in [0.15, 0.2) is 5.69 Å². The molecule has 4 rings (SSSR count). The number of ether oxygens (including phenoxy) is 1. The van der Waals surface area contributed by atoms with E-state index in [4.69, 9.17) is 11.3 Å². The lowest BCUT2D eigenvalue weighted by atomic mass is 9.61. The maximum atomic E-state index is 7.33. The van der Waals surface area contributed by atoms with Gasteiger partial charge in [-0.1, -0.05) is 60.2 Å². The predicted octanol–water partition coefficient (Wildman–Crippen LogP) is 5.91. The number of hydrogen-bond donors (Lipinski definition) is 0. The smallest absolute Gasteiger partial charge is 0.187 e. The SMILES string of the molecule is [C-]#[N+]c1ccc2c(c1)CC=C1C=C(OCC)CC[C@]12Cc1ccccc1. The van der Waals surface area contributed by atoms with Crippen molar-refractivity contribution in [3.8, 4) is 0 Å². The summed E-state index contributed by atoms with van der Waals surface area (Å²) in [6.45, 7) is 10.1. The summed E-state index contributed by atoms with van der Waals surface area (Å²) in [5.74, 6) is 1.10. The lowest BCUT2D eigenvalue weighted by Gasteiger charge is -2.43. The summed E-state index contributed by atoms with van der Waals surface area (Å²) in [6, 6.07) is 17.0. The average Bonchev–Trinajstić information content (AvgIpc) is 2.69. The standard InChI is InChI=1S/C24H23NO/c1-3-26-22-13-14-24(17-18-7-5-4-6-8-18)20(16-22)10-9-19-15-21(25-2)11-12-23(19)24/h4-8,10-12,15-16H,3,9,13-14,17H2,1H3/t24-/m0/s1. The molecule has 2 aliphatic rings.